The van der Waals surface area contributed by atoms with Crippen molar-refractivity contribution in [3.63, 3.8) is 0 Å². The Balaban J connectivity index is 1.98. The Labute approximate surface area is 90.6 Å². The fourth-order valence-electron chi connectivity index (χ4n) is 1.70. The molecule has 0 amide bonds. The summed E-state index contributed by atoms with van der Waals surface area (Å²) in [4.78, 5) is 0. The zero-order valence-corrected chi connectivity index (χ0v) is 9.06. The normalized spacial score (nSPS) is 14.8. The summed E-state index contributed by atoms with van der Waals surface area (Å²) in [7, 11) is 0. The highest BCUT2D eigenvalue weighted by Gasteiger charge is 2.05. The minimum Gasteiger partial charge on any atom is -0.126 e. The Bertz CT molecular complexity index is 322. The smallest absolute Gasteiger partial charge is 0.0263 e. The largest absolute Gasteiger partial charge is 0.126 e. The summed E-state index contributed by atoms with van der Waals surface area (Å²) < 4.78 is 0. The van der Waals surface area contributed by atoms with Gasteiger partial charge < -0.3 is 0 Å². The molecule has 0 bridgehead atoms. The molecule has 0 nitrogen and oxygen atoms in total. The Morgan fingerprint density at radius 1 is 1.07 bits per heavy atom. The van der Waals surface area contributed by atoms with Crippen LogP contribution in [0, 0.1) is 0 Å². The molecule has 0 unspecified atom stereocenters. The molecular weight excluding hydrogens is 192 g/mol. The zero-order valence-electron chi connectivity index (χ0n) is 8.30. The SMILES string of the molecule is ClCCc1ccc(CC2=CCC2)cc1. The topological polar surface area (TPSA) is 0 Å². The van der Waals surface area contributed by atoms with Gasteiger partial charge in [0.2, 0.25) is 0 Å². The third-order valence-corrected chi connectivity index (χ3v) is 2.92. The number of hydrogen-bond donors (Lipinski definition) is 0. The molecule has 2 rings (SSSR count). The van der Waals surface area contributed by atoms with Crippen LogP contribution in [-0.4, -0.2) is 5.88 Å². The van der Waals surface area contributed by atoms with Gasteiger partial charge in [0.25, 0.3) is 0 Å². The van der Waals surface area contributed by atoms with E-state index in [0.29, 0.717) is 5.88 Å². The first kappa shape index (κ1) is 9.79. The van der Waals surface area contributed by atoms with E-state index in [9.17, 15) is 0 Å². The fourth-order valence-corrected chi connectivity index (χ4v) is 1.92. The van der Waals surface area contributed by atoms with Crippen LogP contribution in [0.25, 0.3) is 0 Å². The van der Waals surface area contributed by atoms with Crippen LogP contribution in [0.15, 0.2) is 35.9 Å². The summed E-state index contributed by atoms with van der Waals surface area (Å²) in [6.45, 7) is 0. The van der Waals surface area contributed by atoms with Crippen molar-refractivity contribution in [2.75, 3.05) is 5.88 Å². The van der Waals surface area contributed by atoms with Crippen LogP contribution in [0.3, 0.4) is 0 Å². The molecular formula is C13H15Cl. The van der Waals surface area contributed by atoms with Gasteiger partial charge in [-0.05, 0) is 36.8 Å². The summed E-state index contributed by atoms with van der Waals surface area (Å²) in [6, 6.07) is 8.83. The molecule has 0 heterocycles. The van der Waals surface area contributed by atoms with Crippen molar-refractivity contribution in [1.82, 2.24) is 0 Å². The molecule has 1 aromatic carbocycles. The van der Waals surface area contributed by atoms with Crippen LogP contribution >= 0.6 is 11.6 Å². The maximum absolute atomic E-state index is 5.68. The van der Waals surface area contributed by atoms with E-state index in [2.05, 4.69) is 30.3 Å². The predicted octanol–water partition coefficient (Wildman–Crippen LogP) is 3.73. The summed E-state index contributed by atoms with van der Waals surface area (Å²) in [6.07, 6.45) is 7.03. The van der Waals surface area contributed by atoms with Gasteiger partial charge in [0.05, 0.1) is 0 Å². The quantitative estimate of drug-likeness (QED) is 0.520. The first-order valence-electron chi connectivity index (χ1n) is 5.20. The fraction of sp³-hybridized carbons (Fsp3) is 0.385. The predicted molar refractivity (Wildman–Crippen MR) is 61.9 cm³/mol. The molecule has 0 atom stereocenters. The van der Waals surface area contributed by atoms with Gasteiger partial charge in [-0.15, -0.1) is 11.6 Å². The molecule has 1 heteroatoms. The molecule has 1 aliphatic carbocycles. The number of alkyl halides is 1. The van der Waals surface area contributed by atoms with Crippen LogP contribution in [0.2, 0.25) is 0 Å². The van der Waals surface area contributed by atoms with Crippen molar-refractivity contribution in [1.29, 1.82) is 0 Å². The third-order valence-electron chi connectivity index (χ3n) is 2.74. The maximum Gasteiger partial charge on any atom is 0.0263 e. The third kappa shape index (κ3) is 2.39. The molecule has 0 saturated heterocycles. The number of benzene rings is 1. The van der Waals surface area contributed by atoms with Gasteiger partial charge in [-0.1, -0.05) is 35.9 Å². The summed E-state index contributed by atoms with van der Waals surface area (Å²) >= 11 is 5.68. The molecule has 0 N–H and O–H groups in total. The van der Waals surface area contributed by atoms with Crippen molar-refractivity contribution in [2.24, 2.45) is 0 Å². The number of allylic oxidation sites excluding steroid dienone is 2. The highest BCUT2D eigenvalue weighted by Crippen LogP contribution is 2.22. The van der Waals surface area contributed by atoms with Crippen molar-refractivity contribution < 1.29 is 0 Å². The molecule has 0 aromatic heterocycles. The number of rotatable bonds is 4. The lowest BCUT2D eigenvalue weighted by atomic mass is 9.92. The molecule has 0 aliphatic heterocycles. The van der Waals surface area contributed by atoms with Gasteiger partial charge in [0.1, 0.15) is 0 Å². The molecule has 0 spiro atoms. The lowest BCUT2D eigenvalue weighted by Gasteiger charge is -2.14. The standard InChI is InChI=1S/C13H15Cl/c14-9-8-11-4-6-13(7-5-11)10-12-2-1-3-12/h2,4-7H,1,3,8-10H2. The van der Waals surface area contributed by atoms with Crippen LogP contribution in [0.5, 0.6) is 0 Å². The number of aryl methyl sites for hydroxylation is 1. The van der Waals surface area contributed by atoms with Gasteiger partial charge in [0, 0.05) is 5.88 Å². The van der Waals surface area contributed by atoms with Gasteiger partial charge in [0.15, 0.2) is 0 Å². The second kappa shape index (κ2) is 4.65. The monoisotopic (exact) mass is 206 g/mol. The first-order chi connectivity index (χ1) is 6.88. The van der Waals surface area contributed by atoms with Crippen molar-refractivity contribution in [3.05, 3.63) is 47.0 Å². The van der Waals surface area contributed by atoms with Crippen LogP contribution in [-0.2, 0) is 12.8 Å². The Morgan fingerprint density at radius 3 is 2.21 bits per heavy atom. The van der Waals surface area contributed by atoms with E-state index >= 15 is 0 Å². The van der Waals surface area contributed by atoms with Crippen LogP contribution < -0.4 is 0 Å². The van der Waals surface area contributed by atoms with Crippen molar-refractivity contribution in [2.45, 2.75) is 25.7 Å². The van der Waals surface area contributed by atoms with Gasteiger partial charge in [-0.2, -0.15) is 0 Å². The number of hydrogen-bond acceptors (Lipinski definition) is 0. The van der Waals surface area contributed by atoms with Gasteiger partial charge in [-0.3, -0.25) is 0 Å². The molecule has 0 radical (unpaired) electrons. The number of halogens is 1. The highest BCUT2D eigenvalue weighted by molar-refractivity contribution is 6.17. The molecule has 0 fully saturated rings. The van der Waals surface area contributed by atoms with E-state index in [4.69, 9.17) is 11.6 Å². The molecule has 1 aromatic rings. The highest BCUT2D eigenvalue weighted by atomic mass is 35.5. The summed E-state index contributed by atoms with van der Waals surface area (Å²) in [5.74, 6) is 0.713. The first-order valence-corrected chi connectivity index (χ1v) is 5.73. The van der Waals surface area contributed by atoms with E-state index in [1.54, 1.807) is 5.57 Å². The van der Waals surface area contributed by atoms with Crippen LogP contribution in [0.1, 0.15) is 24.0 Å². The molecule has 0 saturated carbocycles. The summed E-state index contributed by atoms with van der Waals surface area (Å²) in [5, 5.41) is 0. The lowest BCUT2D eigenvalue weighted by Crippen LogP contribution is -1.98. The molecule has 1 aliphatic rings. The lowest BCUT2D eigenvalue weighted by molar-refractivity contribution is 0.829. The Hall–Kier alpha value is -0.750. The van der Waals surface area contributed by atoms with E-state index < -0.39 is 0 Å². The minimum atomic E-state index is 0.713. The second-order valence-corrected chi connectivity index (χ2v) is 4.21. The molecule has 14 heavy (non-hydrogen) atoms. The van der Waals surface area contributed by atoms with E-state index in [-0.39, 0.29) is 0 Å². The Kier molecular flexibility index (Phi) is 3.26. The van der Waals surface area contributed by atoms with Gasteiger partial charge >= 0.3 is 0 Å². The second-order valence-electron chi connectivity index (χ2n) is 3.83. The van der Waals surface area contributed by atoms with Crippen molar-refractivity contribution in [3.8, 4) is 0 Å². The van der Waals surface area contributed by atoms with Gasteiger partial charge in [-0.25, -0.2) is 0 Å². The van der Waals surface area contributed by atoms with Crippen molar-refractivity contribution >= 4 is 11.6 Å². The van der Waals surface area contributed by atoms with Crippen LogP contribution in [0.4, 0.5) is 0 Å². The van der Waals surface area contributed by atoms with E-state index in [1.807, 2.05) is 0 Å². The minimum absolute atomic E-state index is 0.713. The maximum atomic E-state index is 5.68. The zero-order chi connectivity index (χ0) is 9.80. The summed E-state index contributed by atoms with van der Waals surface area (Å²) in [5.41, 5.74) is 4.36. The van der Waals surface area contributed by atoms with E-state index in [1.165, 1.54) is 24.0 Å². The average Bonchev–Trinajstić information content (AvgIpc) is 2.14. The Morgan fingerprint density at radius 2 is 1.71 bits per heavy atom. The molecule has 74 valence electrons. The average molecular weight is 207 g/mol. The van der Waals surface area contributed by atoms with E-state index in [0.717, 1.165) is 12.8 Å².